The van der Waals surface area contributed by atoms with Crippen LogP contribution in [0.2, 0.25) is 0 Å². The summed E-state index contributed by atoms with van der Waals surface area (Å²) in [7, 11) is 0. The van der Waals surface area contributed by atoms with E-state index in [0.29, 0.717) is 24.0 Å². The zero-order valence-electron chi connectivity index (χ0n) is 18.0. The third kappa shape index (κ3) is 4.69. The van der Waals surface area contributed by atoms with Gasteiger partial charge in [-0.1, -0.05) is 39.0 Å². The predicted molar refractivity (Wildman–Crippen MR) is 115 cm³/mol. The molecule has 0 aliphatic carbocycles. The van der Waals surface area contributed by atoms with E-state index in [0.717, 1.165) is 61.2 Å². The second-order valence-electron chi connectivity index (χ2n) is 8.19. The van der Waals surface area contributed by atoms with Crippen molar-refractivity contribution in [2.75, 3.05) is 11.9 Å². The molecule has 0 saturated heterocycles. The third-order valence-electron chi connectivity index (χ3n) is 5.52. The number of nitrogens with one attached hydrogen (secondary N) is 2. The molecular formula is C23H32N4O2. The van der Waals surface area contributed by atoms with Crippen LogP contribution < -0.4 is 10.6 Å². The molecule has 0 radical (unpaired) electrons. The molecule has 1 aliphatic heterocycles. The number of fused-ring (bicyclic) bond motifs is 1. The number of hydrogen-bond acceptors (Lipinski definition) is 3. The molecule has 29 heavy (non-hydrogen) atoms. The maximum absolute atomic E-state index is 13.1. The van der Waals surface area contributed by atoms with Crippen molar-refractivity contribution in [3.8, 4) is 0 Å². The molecule has 1 aromatic carbocycles. The lowest BCUT2D eigenvalue weighted by Crippen LogP contribution is -2.27. The number of imidazole rings is 1. The molecule has 1 aromatic heterocycles. The van der Waals surface area contributed by atoms with Gasteiger partial charge < -0.3 is 15.2 Å². The van der Waals surface area contributed by atoms with Gasteiger partial charge in [0.15, 0.2) is 5.82 Å². The molecule has 0 fully saturated rings. The standard InChI is InChI=1S/C23H32N4O2/c1-5-17-10-8-9-16(4)19(17)26-23(29)21-25-20(18-11-6-7-14-27(18)21)22(28)24-13-12-15(2)3/h8-10,15H,5-7,11-14H2,1-4H3,(H,24,28)(H,26,29). The van der Waals surface area contributed by atoms with Crippen LogP contribution in [0.4, 0.5) is 5.69 Å². The summed E-state index contributed by atoms with van der Waals surface area (Å²) < 4.78 is 1.93. The lowest BCUT2D eigenvalue weighted by atomic mass is 10.1. The van der Waals surface area contributed by atoms with Crippen molar-refractivity contribution in [2.24, 2.45) is 5.92 Å². The highest BCUT2D eigenvalue weighted by Gasteiger charge is 2.27. The fraction of sp³-hybridized carbons (Fsp3) is 0.522. The molecule has 6 heteroatoms. The highest BCUT2D eigenvalue weighted by Crippen LogP contribution is 2.25. The van der Waals surface area contributed by atoms with Crippen LogP contribution in [0.3, 0.4) is 0 Å². The van der Waals surface area contributed by atoms with Gasteiger partial charge >= 0.3 is 0 Å². The number of benzene rings is 1. The quantitative estimate of drug-likeness (QED) is 0.739. The Hall–Kier alpha value is -2.63. The van der Waals surface area contributed by atoms with E-state index in [2.05, 4.69) is 36.4 Å². The van der Waals surface area contributed by atoms with Gasteiger partial charge in [-0.2, -0.15) is 0 Å². The van der Waals surface area contributed by atoms with Crippen LogP contribution >= 0.6 is 0 Å². The summed E-state index contributed by atoms with van der Waals surface area (Å²) in [4.78, 5) is 30.4. The van der Waals surface area contributed by atoms with Gasteiger partial charge in [0.05, 0.1) is 5.69 Å². The van der Waals surface area contributed by atoms with Crippen molar-refractivity contribution in [3.05, 3.63) is 46.5 Å². The van der Waals surface area contributed by atoms with Crippen molar-refractivity contribution < 1.29 is 9.59 Å². The van der Waals surface area contributed by atoms with E-state index < -0.39 is 0 Å². The van der Waals surface area contributed by atoms with E-state index in [-0.39, 0.29) is 11.8 Å². The Morgan fingerprint density at radius 3 is 2.72 bits per heavy atom. The Morgan fingerprint density at radius 2 is 2.00 bits per heavy atom. The first-order valence-electron chi connectivity index (χ1n) is 10.7. The van der Waals surface area contributed by atoms with Crippen LogP contribution in [0.5, 0.6) is 0 Å². The van der Waals surface area contributed by atoms with E-state index in [1.807, 2.05) is 29.7 Å². The first-order valence-corrected chi connectivity index (χ1v) is 10.7. The number of aromatic nitrogens is 2. The second-order valence-corrected chi connectivity index (χ2v) is 8.19. The lowest BCUT2D eigenvalue weighted by Gasteiger charge is -2.18. The van der Waals surface area contributed by atoms with Crippen LogP contribution in [-0.4, -0.2) is 27.9 Å². The molecule has 3 rings (SSSR count). The minimum Gasteiger partial charge on any atom is -0.351 e. The topological polar surface area (TPSA) is 76.0 Å². The number of hydrogen-bond donors (Lipinski definition) is 2. The zero-order valence-corrected chi connectivity index (χ0v) is 18.0. The monoisotopic (exact) mass is 396 g/mol. The molecule has 1 aliphatic rings. The average Bonchev–Trinajstić information content (AvgIpc) is 3.09. The predicted octanol–water partition coefficient (Wildman–Crippen LogP) is 4.12. The first kappa shape index (κ1) is 21.1. The highest BCUT2D eigenvalue weighted by atomic mass is 16.2. The number of para-hydroxylation sites is 1. The SMILES string of the molecule is CCc1cccc(C)c1NC(=O)c1nc(C(=O)NCCC(C)C)c2n1CCCC2. The Bertz CT molecular complexity index is 899. The molecule has 0 atom stereocenters. The Labute approximate surface area is 173 Å². The summed E-state index contributed by atoms with van der Waals surface area (Å²) in [6.45, 7) is 9.66. The van der Waals surface area contributed by atoms with Crippen LogP contribution in [0, 0.1) is 12.8 Å². The average molecular weight is 397 g/mol. The molecule has 0 bridgehead atoms. The minimum atomic E-state index is -0.251. The first-order chi connectivity index (χ1) is 13.9. The molecule has 2 amide bonds. The summed E-state index contributed by atoms with van der Waals surface area (Å²) in [6, 6.07) is 6.02. The normalized spacial score (nSPS) is 13.3. The molecule has 2 N–H and O–H groups in total. The molecule has 0 saturated carbocycles. The van der Waals surface area contributed by atoms with Crippen molar-refractivity contribution in [1.82, 2.24) is 14.9 Å². The zero-order chi connectivity index (χ0) is 21.0. The maximum Gasteiger partial charge on any atom is 0.291 e. The third-order valence-corrected chi connectivity index (χ3v) is 5.52. The number of rotatable bonds is 7. The Kier molecular flexibility index (Phi) is 6.72. The largest absolute Gasteiger partial charge is 0.351 e. The van der Waals surface area contributed by atoms with Crippen molar-refractivity contribution >= 4 is 17.5 Å². The van der Waals surface area contributed by atoms with Crippen LogP contribution in [0.25, 0.3) is 0 Å². The molecule has 0 unspecified atom stereocenters. The van der Waals surface area contributed by atoms with Gasteiger partial charge in [0.1, 0.15) is 5.69 Å². The lowest BCUT2D eigenvalue weighted by molar-refractivity contribution is 0.0946. The van der Waals surface area contributed by atoms with E-state index in [9.17, 15) is 9.59 Å². The minimum absolute atomic E-state index is 0.180. The number of carbonyl (C=O) groups is 2. The maximum atomic E-state index is 13.1. The molecular weight excluding hydrogens is 364 g/mol. The van der Waals surface area contributed by atoms with Crippen molar-refractivity contribution in [2.45, 2.75) is 66.3 Å². The van der Waals surface area contributed by atoms with Gasteiger partial charge in [-0.3, -0.25) is 9.59 Å². The summed E-state index contributed by atoms with van der Waals surface area (Å²) >= 11 is 0. The summed E-state index contributed by atoms with van der Waals surface area (Å²) in [5, 5.41) is 6.02. The van der Waals surface area contributed by atoms with E-state index >= 15 is 0 Å². The van der Waals surface area contributed by atoms with E-state index in [1.54, 1.807) is 0 Å². The van der Waals surface area contributed by atoms with Crippen LogP contribution in [-0.2, 0) is 19.4 Å². The van der Waals surface area contributed by atoms with Crippen molar-refractivity contribution in [1.29, 1.82) is 0 Å². The molecule has 2 aromatic rings. The van der Waals surface area contributed by atoms with Crippen LogP contribution in [0.15, 0.2) is 18.2 Å². The highest BCUT2D eigenvalue weighted by molar-refractivity contribution is 6.04. The van der Waals surface area contributed by atoms with Crippen molar-refractivity contribution in [3.63, 3.8) is 0 Å². The fourth-order valence-corrected chi connectivity index (χ4v) is 3.83. The van der Waals surface area contributed by atoms with E-state index in [4.69, 9.17) is 0 Å². The van der Waals surface area contributed by atoms with E-state index in [1.165, 1.54) is 0 Å². The molecule has 156 valence electrons. The number of anilines is 1. The Balaban J connectivity index is 1.87. The number of aryl methyl sites for hydroxylation is 2. The van der Waals surface area contributed by atoms with Gasteiger partial charge in [-0.05, 0) is 56.1 Å². The van der Waals surface area contributed by atoms with Gasteiger partial charge in [0, 0.05) is 18.8 Å². The molecule has 0 spiro atoms. The van der Waals surface area contributed by atoms with Gasteiger partial charge in [-0.15, -0.1) is 0 Å². The van der Waals surface area contributed by atoms with Gasteiger partial charge in [0.2, 0.25) is 0 Å². The molecule has 2 heterocycles. The summed E-state index contributed by atoms with van der Waals surface area (Å²) in [6.07, 6.45) is 4.53. The number of amides is 2. The van der Waals surface area contributed by atoms with Gasteiger partial charge in [0.25, 0.3) is 11.8 Å². The number of carbonyl (C=O) groups excluding carboxylic acids is 2. The molecule has 6 nitrogen and oxygen atoms in total. The summed E-state index contributed by atoms with van der Waals surface area (Å²) in [5.74, 6) is 0.423. The Morgan fingerprint density at radius 1 is 1.21 bits per heavy atom. The smallest absolute Gasteiger partial charge is 0.291 e. The number of nitrogens with zero attached hydrogens (tertiary/aromatic N) is 2. The van der Waals surface area contributed by atoms with Gasteiger partial charge in [-0.25, -0.2) is 4.98 Å². The fourth-order valence-electron chi connectivity index (χ4n) is 3.83. The second kappa shape index (κ2) is 9.25. The summed E-state index contributed by atoms with van der Waals surface area (Å²) in [5.41, 5.74) is 4.24. The van der Waals surface area contributed by atoms with Crippen LogP contribution in [0.1, 0.15) is 78.0 Å².